The Labute approximate surface area is 216 Å². The first-order valence-corrected chi connectivity index (χ1v) is 12.2. The van der Waals surface area contributed by atoms with Crippen molar-refractivity contribution < 1.29 is 13.9 Å². The highest BCUT2D eigenvalue weighted by Gasteiger charge is 2.13. The van der Waals surface area contributed by atoms with Gasteiger partial charge in [0.05, 0.1) is 19.7 Å². The first-order valence-electron chi connectivity index (χ1n) is 12.2. The fraction of sp³-hybridized carbons (Fsp3) is 0.241. The molecule has 0 saturated carbocycles. The van der Waals surface area contributed by atoms with Gasteiger partial charge in [0.15, 0.2) is 11.5 Å². The van der Waals surface area contributed by atoms with Crippen LogP contribution >= 0.6 is 0 Å². The van der Waals surface area contributed by atoms with E-state index in [-0.39, 0.29) is 0 Å². The van der Waals surface area contributed by atoms with Crippen LogP contribution in [0.25, 0.3) is 33.5 Å². The van der Waals surface area contributed by atoms with Crippen molar-refractivity contribution in [2.24, 2.45) is 0 Å². The fourth-order valence-electron chi connectivity index (χ4n) is 4.00. The van der Waals surface area contributed by atoms with E-state index in [1.165, 1.54) is 0 Å². The Morgan fingerprint density at radius 1 is 0.784 bits per heavy atom. The average molecular weight is 498 g/mol. The minimum atomic E-state index is 0.514. The van der Waals surface area contributed by atoms with E-state index >= 15 is 0 Å². The zero-order valence-corrected chi connectivity index (χ0v) is 22.0. The van der Waals surface area contributed by atoms with Crippen molar-refractivity contribution in [2.45, 2.75) is 34.2 Å². The van der Waals surface area contributed by atoms with E-state index in [2.05, 4.69) is 55.8 Å². The van der Waals surface area contributed by atoms with Crippen molar-refractivity contribution >= 4 is 16.7 Å². The first kappa shape index (κ1) is 25.6. The van der Waals surface area contributed by atoms with Gasteiger partial charge in [0.2, 0.25) is 11.8 Å². The summed E-state index contributed by atoms with van der Waals surface area (Å²) in [7, 11) is 3.23. The van der Waals surface area contributed by atoms with Crippen LogP contribution in [0.4, 0.5) is 5.82 Å². The molecule has 0 aliphatic heterocycles. The number of hydrogen-bond donors (Lipinski definition) is 1. The average Bonchev–Trinajstić information content (AvgIpc) is 3.38. The van der Waals surface area contributed by atoms with Gasteiger partial charge in [-0.1, -0.05) is 44.2 Å². The summed E-state index contributed by atoms with van der Waals surface area (Å²) in [6.07, 6.45) is 0. The molecule has 2 heterocycles. The molecule has 0 fully saturated rings. The Morgan fingerprint density at radius 2 is 1.46 bits per heavy atom. The van der Waals surface area contributed by atoms with Crippen LogP contribution in [0, 0.1) is 13.8 Å². The standard InChI is InChI=1S/C27H25N5O3.C2H6/c1-16-29-23-14-25(34-4)24(33-3)13-22(23)26(30-16)28-15-18-7-5-8-19(11-18)20-9-6-10-21(12-20)27-32-31-17(2)35-27;1-2/h5-14H,15H2,1-4H3,(H,28,29,30);1-2H3. The predicted octanol–water partition coefficient (Wildman–Crippen LogP) is 6.62. The van der Waals surface area contributed by atoms with Gasteiger partial charge >= 0.3 is 0 Å². The van der Waals surface area contributed by atoms with Gasteiger partial charge in [-0.2, -0.15) is 0 Å². The summed E-state index contributed by atoms with van der Waals surface area (Å²) in [5.74, 6) is 3.74. The molecule has 5 aromatic rings. The third-order valence-corrected chi connectivity index (χ3v) is 5.67. The van der Waals surface area contributed by atoms with E-state index in [1.807, 2.05) is 51.1 Å². The van der Waals surface area contributed by atoms with Crippen LogP contribution in [0.3, 0.4) is 0 Å². The van der Waals surface area contributed by atoms with E-state index in [0.717, 1.165) is 39.0 Å². The third kappa shape index (κ3) is 5.69. The van der Waals surface area contributed by atoms with Crippen LogP contribution in [0.15, 0.2) is 65.1 Å². The van der Waals surface area contributed by atoms with Crippen LogP contribution < -0.4 is 14.8 Å². The number of nitrogens with one attached hydrogen (secondary N) is 1. The summed E-state index contributed by atoms with van der Waals surface area (Å²) >= 11 is 0. The van der Waals surface area contributed by atoms with Gasteiger partial charge in [-0.05, 0) is 47.9 Å². The lowest BCUT2D eigenvalue weighted by molar-refractivity contribution is 0.356. The van der Waals surface area contributed by atoms with Crippen LogP contribution in [0.1, 0.15) is 31.1 Å². The predicted molar refractivity (Wildman–Crippen MR) is 146 cm³/mol. The highest BCUT2D eigenvalue weighted by atomic mass is 16.5. The Bertz CT molecular complexity index is 1510. The molecule has 0 bridgehead atoms. The summed E-state index contributed by atoms with van der Waals surface area (Å²) < 4.78 is 16.5. The molecule has 0 spiro atoms. The molecule has 37 heavy (non-hydrogen) atoms. The smallest absolute Gasteiger partial charge is 0.247 e. The summed E-state index contributed by atoms with van der Waals surface area (Å²) in [4.78, 5) is 9.19. The molecule has 8 nitrogen and oxygen atoms in total. The van der Waals surface area contributed by atoms with Crippen molar-refractivity contribution in [1.82, 2.24) is 20.2 Å². The van der Waals surface area contributed by atoms with Crippen molar-refractivity contribution in [3.63, 3.8) is 0 Å². The molecule has 1 N–H and O–H groups in total. The van der Waals surface area contributed by atoms with Gasteiger partial charge in [-0.25, -0.2) is 9.97 Å². The van der Waals surface area contributed by atoms with E-state index in [9.17, 15) is 0 Å². The molecule has 0 aliphatic rings. The van der Waals surface area contributed by atoms with Gasteiger partial charge < -0.3 is 19.2 Å². The molecule has 0 radical (unpaired) electrons. The maximum Gasteiger partial charge on any atom is 0.247 e. The molecule has 190 valence electrons. The number of anilines is 1. The van der Waals surface area contributed by atoms with Crippen LogP contribution in [-0.4, -0.2) is 34.4 Å². The maximum atomic E-state index is 5.59. The third-order valence-electron chi connectivity index (χ3n) is 5.67. The zero-order valence-electron chi connectivity index (χ0n) is 22.0. The molecule has 0 amide bonds. The topological polar surface area (TPSA) is 95.2 Å². The first-order chi connectivity index (χ1) is 18.0. The van der Waals surface area contributed by atoms with Crippen molar-refractivity contribution in [3.8, 4) is 34.1 Å². The normalized spacial score (nSPS) is 10.5. The highest BCUT2D eigenvalue weighted by Crippen LogP contribution is 2.34. The van der Waals surface area contributed by atoms with E-state index in [4.69, 9.17) is 13.9 Å². The SMILES string of the molecule is CC.COc1cc2nc(C)nc(NCc3cccc(-c4cccc(-c5nnc(C)o5)c4)c3)c2cc1OC. The second kappa shape index (κ2) is 11.5. The minimum absolute atomic E-state index is 0.514. The van der Waals surface area contributed by atoms with Gasteiger partial charge in [0, 0.05) is 30.5 Å². The number of aromatic nitrogens is 4. The van der Waals surface area contributed by atoms with Gasteiger partial charge in [0.1, 0.15) is 11.6 Å². The summed E-state index contributed by atoms with van der Waals surface area (Å²) in [6, 6.07) is 20.2. The monoisotopic (exact) mass is 497 g/mol. The Kier molecular flexibility index (Phi) is 7.98. The zero-order chi connectivity index (χ0) is 26.4. The summed E-state index contributed by atoms with van der Waals surface area (Å²) in [5, 5.41) is 12.4. The van der Waals surface area contributed by atoms with Crippen molar-refractivity contribution in [2.75, 3.05) is 19.5 Å². The van der Waals surface area contributed by atoms with Gasteiger partial charge in [0.25, 0.3) is 0 Å². The van der Waals surface area contributed by atoms with Crippen molar-refractivity contribution in [3.05, 3.63) is 77.9 Å². The van der Waals surface area contributed by atoms with Crippen LogP contribution in [0.2, 0.25) is 0 Å². The number of fused-ring (bicyclic) bond motifs is 1. The maximum absolute atomic E-state index is 5.59. The molecular formula is C29H31N5O3. The molecular weight excluding hydrogens is 466 g/mol. The molecule has 0 aliphatic carbocycles. The molecule has 2 aromatic heterocycles. The number of methoxy groups -OCH3 is 2. The Hall–Kier alpha value is -4.46. The molecule has 5 rings (SSSR count). The molecule has 0 atom stereocenters. The fourth-order valence-corrected chi connectivity index (χ4v) is 4.00. The van der Waals surface area contributed by atoms with E-state index in [0.29, 0.717) is 35.6 Å². The largest absolute Gasteiger partial charge is 0.493 e. The summed E-state index contributed by atoms with van der Waals surface area (Å²) in [6.45, 7) is 8.25. The second-order valence-electron chi connectivity index (χ2n) is 8.10. The van der Waals surface area contributed by atoms with Gasteiger partial charge in [-0.3, -0.25) is 0 Å². The minimum Gasteiger partial charge on any atom is -0.493 e. The number of ether oxygens (including phenoxy) is 2. The van der Waals surface area contributed by atoms with E-state index in [1.54, 1.807) is 21.1 Å². The number of benzene rings is 3. The second-order valence-corrected chi connectivity index (χ2v) is 8.10. The number of hydrogen-bond acceptors (Lipinski definition) is 8. The number of rotatable bonds is 7. The lowest BCUT2D eigenvalue weighted by Crippen LogP contribution is -2.05. The molecule has 0 saturated heterocycles. The number of aryl methyl sites for hydroxylation is 2. The van der Waals surface area contributed by atoms with Crippen molar-refractivity contribution in [1.29, 1.82) is 0 Å². The quantitative estimate of drug-likeness (QED) is 0.268. The van der Waals surface area contributed by atoms with E-state index < -0.39 is 0 Å². The number of nitrogens with zero attached hydrogens (tertiary/aromatic N) is 4. The Balaban J connectivity index is 0.00000156. The molecule has 8 heteroatoms. The lowest BCUT2D eigenvalue weighted by Gasteiger charge is -2.13. The highest BCUT2D eigenvalue weighted by molar-refractivity contribution is 5.91. The summed E-state index contributed by atoms with van der Waals surface area (Å²) in [5.41, 5.74) is 4.96. The molecule has 0 unspecified atom stereocenters. The Morgan fingerprint density at radius 3 is 2.16 bits per heavy atom. The van der Waals surface area contributed by atoms with Crippen LogP contribution in [-0.2, 0) is 6.54 Å². The van der Waals surface area contributed by atoms with Gasteiger partial charge in [-0.15, -0.1) is 10.2 Å². The lowest BCUT2D eigenvalue weighted by atomic mass is 10.0. The van der Waals surface area contributed by atoms with Crippen LogP contribution in [0.5, 0.6) is 11.5 Å². The molecule has 3 aromatic carbocycles.